The molecule has 2 rings (SSSR count). The highest BCUT2D eigenvalue weighted by Gasteiger charge is 2.41. The predicted molar refractivity (Wildman–Crippen MR) is 77.1 cm³/mol. The third-order valence-corrected chi connectivity index (χ3v) is 8.19. The van der Waals surface area contributed by atoms with Gasteiger partial charge in [0.05, 0.1) is 1.43 Å². The van der Waals surface area contributed by atoms with Crippen LogP contribution in [0.25, 0.3) is 0 Å². The number of hydrogen-bond donors (Lipinski definition) is 0. The Morgan fingerprint density at radius 3 is 2.69 bits per heavy atom. The highest BCUT2D eigenvalue weighted by Crippen LogP contribution is 2.53. The molecule has 0 amide bonds. The second kappa shape index (κ2) is 4.06. The van der Waals surface area contributed by atoms with E-state index in [1.54, 1.807) is 19.3 Å². The molecule has 2 heteroatoms. The Bertz CT molecular complexity index is 210. The van der Waals surface area contributed by atoms with Gasteiger partial charge in [-0.25, -0.2) is 0 Å². The molecule has 2 aliphatic carbocycles. The van der Waals surface area contributed by atoms with Gasteiger partial charge >= 0.3 is 0 Å². The van der Waals surface area contributed by atoms with Crippen LogP contribution in [-0.4, -0.2) is 5.94 Å². The first-order valence-electron chi connectivity index (χ1n) is 5.19. The Hall–Kier alpha value is 1.33. The van der Waals surface area contributed by atoms with Crippen molar-refractivity contribution in [2.24, 2.45) is 17.8 Å². The Morgan fingerprint density at radius 2 is 2.23 bits per heavy atom. The number of alkyl halides is 2. The Morgan fingerprint density at radius 1 is 1.46 bits per heavy atom. The van der Waals surface area contributed by atoms with Gasteiger partial charge in [0.2, 0.25) is 0 Å². The van der Waals surface area contributed by atoms with Crippen LogP contribution in [0.2, 0.25) is 0 Å². The molecule has 4 unspecified atom stereocenters. The van der Waals surface area contributed by atoms with Gasteiger partial charge in [-0.3, -0.25) is 0 Å². The zero-order chi connectivity index (χ0) is 9.47. The fourth-order valence-corrected chi connectivity index (χ4v) is 4.58. The maximum absolute atomic E-state index is 4.16. The average molecular weight is 404 g/mol. The minimum Gasteiger partial charge on any atom is -0.113 e. The highest BCUT2D eigenvalue weighted by atomic mass is 127. The molecule has 2 saturated carbocycles. The van der Waals surface area contributed by atoms with E-state index in [9.17, 15) is 0 Å². The first-order valence-corrected chi connectivity index (χ1v) is 8.87. The van der Waals surface area contributed by atoms with E-state index in [-0.39, 0.29) is 20.7 Å². The van der Waals surface area contributed by atoms with Crippen LogP contribution in [0.1, 0.15) is 39.0 Å². The lowest BCUT2D eigenvalue weighted by molar-refractivity contribution is 0.315. The average Bonchev–Trinajstić information content (AvgIpc) is 2.64. The van der Waals surface area contributed by atoms with Crippen LogP contribution in [0.3, 0.4) is 0 Å². The van der Waals surface area contributed by atoms with E-state index in [0.29, 0.717) is 1.43 Å². The van der Waals surface area contributed by atoms with Crippen LogP contribution in [0.4, 0.5) is 0 Å². The monoisotopic (exact) mass is 404 g/mol. The van der Waals surface area contributed by atoms with Crippen molar-refractivity contribution in [3.8, 4) is 0 Å². The first-order chi connectivity index (χ1) is 6.11. The molecule has 0 aromatic rings. The summed E-state index contributed by atoms with van der Waals surface area (Å²) in [5, 5.41) is 0. The molecule has 2 fully saturated rings. The number of halogens is 2. The van der Waals surface area contributed by atoms with Crippen molar-refractivity contribution in [2.75, 3.05) is 0 Å². The molecule has 0 N–H and O–H groups in total. The van der Waals surface area contributed by atoms with Crippen LogP contribution >= 0.6 is 43.3 Å². The summed E-state index contributed by atoms with van der Waals surface area (Å²) in [5.74, 6) is 3.29. The molecule has 0 aromatic heterocycles. The molecule has 0 radical (unpaired) electrons. The smallest absolute Gasteiger partial charge is 0.0656 e. The van der Waals surface area contributed by atoms with E-state index >= 15 is 0 Å². The zero-order valence-electron chi connectivity index (χ0n) is 8.23. The molecule has 76 valence electrons. The summed E-state index contributed by atoms with van der Waals surface area (Å²) in [6.07, 6.45) is 7.65. The van der Waals surface area contributed by atoms with Crippen molar-refractivity contribution >= 4 is 47.8 Å². The SMILES string of the molecule is C=IC(C)(I)CC1CC2CCC1C2. The van der Waals surface area contributed by atoms with E-state index < -0.39 is 0 Å². The van der Waals surface area contributed by atoms with Gasteiger partial charge in [-0.05, 0) is 50.4 Å². The lowest BCUT2D eigenvalue weighted by Crippen LogP contribution is -2.18. The zero-order valence-corrected chi connectivity index (χ0v) is 12.5. The summed E-state index contributed by atoms with van der Waals surface area (Å²) in [5.41, 5.74) is 0. The molecule has 2 bridgehead atoms. The normalized spacial score (nSPS) is 42.2. The second-order valence-electron chi connectivity index (χ2n) is 4.84. The topological polar surface area (TPSA) is 0 Å². The van der Waals surface area contributed by atoms with E-state index in [1.807, 2.05) is 0 Å². The minimum absolute atomic E-state index is 0.170. The van der Waals surface area contributed by atoms with Gasteiger partial charge in [0.25, 0.3) is 0 Å². The van der Waals surface area contributed by atoms with Crippen molar-refractivity contribution in [3.63, 3.8) is 0 Å². The lowest BCUT2D eigenvalue weighted by atomic mass is 9.86. The molecule has 0 spiro atoms. The molecule has 0 heterocycles. The van der Waals surface area contributed by atoms with Crippen LogP contribution in [0.5, 0.6) is 0 Å². The molecular weight excluding hydrogens is 386 g/mol. The fourth-order valence-electron chi connectivity index (χ4n) is 3.14. The van der Waals surface area contributed by atoms with Crippen molar-refractivity contribution in [1.82, 2.24) is 0 Å². The van der Waals surface area contributed by atoms with Gasteiger partial charge in [0.15, 0.2) is 0 Å². The molecule has 4 atom stereocenters. The molecule has 0 nitrogen and oxygen atoms in total. The van der Waals surface area contributed by atoms with Crippen molar-refractivity contribution < 1.29 is 0 Å². The Balaban J connectivity index is 1.93. The van der Waals surface area contributed by atoms with Crippen LogP contribution in [0, 0.1) is 17.8 Å². The van der Waals surface area contributed by atoms with Gasteiger partial charge in [-0.2, -0.15) is 0 Å². The van der Waals surface area contributed by atoms with Crippen LogP contribution < -0.4 is 0 Å². The first kappa shape index (κ1) is 10.8. The van der Waals surface area contributed by atoms with Gasteiger partial charge < -0.3 is 0 Å². The summed E-state index contributed by atoms with van der Waals surface area (Å²) in [4.78, 5) is 0. The molecule has 2 aliphatic rings. The van der Waals surface area contributed by atoms with Gasteiger partial charge in [-0.15, -0.1) is 20.7 Å². The summed E-state index contributed by atoms with van der Waals surface area (Å²) in [7, 11) is 0. The third-order valence-electron chi connectivity index (χ3n) is 3.78. The van der Waals surface area contributed by atoms with Gasteiger partial charge in [0.1, 0.15) is 0 Å². The van der Waals surface area contributed by atoms with Crippen LogP contribution in [-0.2, 0) is 0 Å². The number of fused-ring (bicyclic) bond motifs is 2. The van der Waals surface area contributed by atoms with Crippen molar-refractivity contribution in [3.05, 3.63) is 0 Å². The Kier molecular flexibility index (Phi) is 3.39. The largest absolute Gasteiger partial charge is 0.113 e. The van der Waals surface area contributed by atoms with Crippen molar-refractivity contribution in [1.29, 1.82) is 0 Å². The Labute approximate surface area is 105 Å². The van der Waals surface area contributed by atoms with E-state index in [1.165, 1.54) is 12.8 Å². The summed E-state index contributed by atoms with van der Waals surface area (Å²) in [6.45, 7) is 2.42. The molecule has 0 saturated heterocycles. The quantitative estimate of drug-likeness (QED) is 0.485. The predicted octanol–water partition coefficient (Wildman–Crippen LogP) is 4.37. The van der Waals surface area contributed by atoms with E-state index in [4.69, 9.17) is 0 Å². The maximum atomic E-state index is 4.16. The van der Waals surface area contributed by atoms with Crippen LogP contribution in [0.15, 0.2) is 0 Å². The minimum atomic E-state index is 0.170. The standard InChI is InChI=1S/C11H18I2/c1-11(12,13-2)7-10-6-8-3-4-9(10)5-8/h8-10H,2-7H2,1H3. The lowest BCUT2D eigenvalue weighted by Gasteiger charge is -2.27. The number of rotatable bonds is 3. The van der Waals surface area contributed by atoms with E-state index in [2.05, 4.69) is 34.0 Å². The third kappa shape index (κ3) is 2.47. The van der Waals surface area contributed by atoms with Gasteiger partial charge in [-0.1, -0.05) is 33.5 Å². The fraction of sp³-hybridized carbons (Fsp3) is 0.909. The van der Waals surface area contributed by atoms with Gasteiger partial charge in [0, 0.05) is 0 Å². The second-order valence-corrected chi connectivity index (χ2v) is 12.4. The highest BCUT2D eigenvalue weighted by molar-refractivity contribution is 14.2. The van der Waals surface area contributed by atoms with Crippen molar-refractivity contribution in [2.45, 2.75) is 40.5 Å². The molecular formula is C11H18I2. The molecule has 13 heavy (non-hydrogen) atoms. The molecule has 0 aromatic carbocycles. The maximum Gasteiger partial charge on any atom is 0.0656 e. The summed E-state index contributed by atoms with van der Waals surface area (Å²) < 4.78 is 4.74. The summed E-state index contributed by atoms with van der Waals surface area (Å²) >= 11 is 2.83. The number of hydrogen-bond acceptors (Lipinski definition) is 0. The van der Waals surface area contributed by atoms with E-state index in [0.717, 1.165) is 17.8 Å². The molecule has 0 aliphatic heterocycles. The summed E-state index contributed by atoms with van der Waals surface area (Å²) in [6, 6.07) is 0.